The van der Waals surface area contributed by atoms with Crippen LogP contribution in [0.4, 0.5) is 0 Å². The van der Waals surface area contributed by atoms with Crippen molar-refractivity contribution in [2.75, 3.05) is 13.1 Å². The zero-order valence-electron chi connectivity index (χ0n) is 14.2. The molecule has 2 heterocycles. The summed E-state index contributed by atoms with van der Waals surface area (Å²) in [5, 5.41) is 4.04. The van der Waals surface area contributed by atoms with E-state index in [1.54, 1.807) is 11.3 Å². The Labute approximate surface area is 151 Å². The van der Waals surface area contributed by atoms with Crippen molar-refractivity contribution in [1.82, 2.24) is 15.2 Å². The Kier molecular flexibility index (Phi) is 4.70. The van der Waals surface area contributed by atoms with Crippen LogP contribution in [-0.2, 0) is 16.0 Å². The lowest BCUT2D eigenvalue weighted by Crippen LogP contribution is -2.37. The van der Waals surface area contributed by atoms with Crippen molar-refractivity contribution in [2.45, 2.75) is 44.6 Å². The van der Waals surface area contributed by atoms with Crippen LogP contribution in [0.5, 0.6) is 0 Å². The van der Waals surface area contributed by atoms with Crippen LogP contribution in [0.25, 0.3) is 10.2 Å². The van der Waals surface area contributed by atoms with Gasteiger partial charge in [0.2, 0.25) is 11.8 Å². The number of hydrogen-bond donors (Lipinski definition) is 1. The highest BCUT2D eigenvalue weighted by molar-refractivity contribution is 7.18. The number of para-hydroxylation sites is 1. The first-order chi connectivity index (χ1) is 12.2. The van der Waals surface area contributed by atoms with E-state index in [2.05, 4.69) is 16.4 Å². The molecule has 1 atom stereocenters. The molecule has 1 saturated heterocycles. The van der Waals surface area contributed by atoms with Gasteiger partial charge in [-0.3, -0.25) is 9.59 Å². The first-order valence-electron chi connectivity index (χ1n) is 9.12. The molecule has 1 saturated carbocycles. The average Bonchev–Trinajstić information content (AvgIpc) is 3.33. The predicted molar refractivity (Wildman–Crippen MR) is 98.4 cm³/mol. The number of fused-ring (bicyclic) bond motifs is 1. The zero-order valence-corrected chi connectivity index (χ0v) is 15.1. The molecule has 2 fully saturated rings. The van der Waals surface area contributed by atoms with Gasteiger partial charge >= 0.3 is 0 Å². The third-order valence-corrected chi connectivity index (χ3v) is 6.37. The van der Waals surface area contributed by atoms with Gasteiger partial charge in [0.15, 0.2) is 0 Å². The maximum atomic E-state index is 12.4. The Balaban J connectivity index is 1.28. The van der Waals surface area contributed by atoms with E-state index in [4.69, 9.17) is 0 Å². The summed E-state index contributed by atoms with van der Waals surface area (Å²) in [7, 11) is 0. The van der Waals surface area contributed by atoms with E-state index < -0.39 is 0 Å². The minimum absolute atomic E-state index is 0.00922. The first-order valence-corrected chi connectivity index (χ1v) is 9.94. The van der Waals surface area contributed by atoms with Gasteiger partial charge in [0.05, 0.1) is 21.1 Å². The highest BCUT2D eigenvalue weighted by Gasteiger charge is 2.38. The predicted octanol–water partition coefficient (Wildman–Crippen LogP) is 2.75. The SMILES string of the molecule is O=C(NCCc1nc2ccccc2s1)[C@H]1CC(=O)N(C2CCCC2)C1. The minimum atomic E-state index is -0.191. The lowest BCUT2D eigenvalue weighted by atomic mass is 10.1. The van der Waals surface area contributed by atoms with Gasteiger partial charge in [-0.15, -0.1) is 11.3 Å². The fraction of sp³-hybridized carbons (Fsp3) is 0.526. The van der Waals surface area contributed by atoms with Gasteiger partial charge in [0.1, 0.15) is 0 Å². The standard InChI is InChI=1S/C19H23N3O2S/c23-18-11-13(12-22(18)14-5-1-2-6-14)19(24)20-10-9-17-21-15-7-3-4-8-16(15)25-17/h3-4,7-8,13-14H,1-2,5-6,9-12H2,(H,20,24)/t13-/m0/s1. The maximum absolute atomic E-state index is 12.4. The fourth-order valence-electron chi connectivity index (χ4n) is 3.94. The van der Waals surface area contributed by atoms with Gasteiger partial charge in [0.25, 0.3) is 0 Å². The highest BCUT2D eigenvalue weighted by Crippen LogP contribution is 2.29. The van der Waals surface area contributed by atoms with Gasteiger partial charge in [0, 0.05) is 32.0 Å². The Morgan fingerprint density at radius 1 is 1.28 bits per heavy atom. The van der Waals surface area contributed by atoms with Crippen LogP contribution in [0.2, 0.25) is 0 Å². The van der Waals surface area contributed by atoms with Crippen molar-refractivity contribution < 1.29 is 9.59 Å². The number of carbonyl (C=O) groups excluding carboxylic acids is 2. The minimum Gasteiger partial charge on any atom is -0.355 e. The van der Waals surface area contributed by atoms with Crippen LogP contribution in [0.15, 0.2) is 24.3 Å². The van der Waals surface area contributed by atoms with Crippen molar-refractivity contribution in [1.29, 1.82) is 0 Å². The molecule has 0 unspecified atom stereocenters. The molecule has 1 aliphatic heterocycles. The summed E-state index contributed by atoms with van der Waals surface area (Å²) in [4.78, 5) is 31.2. The van der Waals surface area contributed by atoms with E-state index in [0.717, 1.165) is 29.8 Å². The van der Waals surface area contributed by atoms with E-state index in [1.165, 1.54) is 17.5 Å². The van der Waals surface area contributed by atoms with Gasteiger partial charge in [-0.05, 0) is 25.0 Å². The lowest BCUT2D eigenvalue weighted by molar-refractivity contribution is -0.130. The molecule has 4 rings (SSSR count). The van der Waals surface area contributed by atoms with E-state index in [1.807, 2.05) is 23.1 Å². The second-order valence-corrected chi connectivity index (χ2v) is 8.12. The van der Waals surface area contributed by atoms with Crippen LogP contribution < -0.4 is 5.32 Å². The number of thiazole rings is 1. The molecule has 2 amide bonds. The van der Waals surface area contributed by atoms with E-state index in [-0.39, 0.29) is 17.7 Å². The van der Waals surface area contributed by atoms with Gasteiger partial charge in [-0.1, -0.05) is 25.0 Å². The summed E-state index contributed by atoms with van der Waals surface area (Å²) in [6.07, 6.45) is 5.69. The van der Waals surface area contributed by atoms with E-state index in [9.17, 15) is 9.59 Å². The first kappa shape index (κ1) is 16.5. The Morgan fingerprint density at radius 3 is 2.88 bits per heavy atom. The second-order valence-electron chi connectivity index (χ2n) is 7.00. The number of amides is 2. The maximum Gasteiger partial charge on any atom is 0.225 e. The smallest absolute Gasteiger partial charge is 0.225 e. The Morgan fingerprint density at radius 2 is 2.08 bits per heavy atom. The summed E-state index contributed by atoms with van der Waals surface area (Å²) in [5.41, 5.74) is 1.02. The van der Waals surface area contributed by atoms with Gasteiger partial charge in [-0.25, -0.2) is 4.98 Å². The molecule has 0 radical (unpaired) electrons. The summed E-state index contributed by atoms with van der Waals surface area (Å²) in [6, 6.07) is 8.44. The number of hydrogen-bond acceptors (Lipinski definition) is 4. The molecular weight excluding hydrogens is 334 g/mol. The molecule has 6 heteroatoms. The van der Waals surface area contributed by atoms with Crippen molar-refractivity contribution in [3.8, 4) is 0 Å². The number of benzene rings is 1. The number of nitrogens with zero attached hydrogens (tertiary/aromatic N) is 2. The van der Waals surface area contributed by atoms with Gasteiger partial charge < -0.3 is 10.2 Å². The van der Waals surface area contributed by atoms with E-state index >= 15 is 0 Å². The van der Waals surface area contributed by atoms with Crippen LogP contribution in [0.3, 0.4) is 0 Å². The van der Waals surface area contributed by atoms with Gasteiger partial charge in [-0.2, -0.15) is 0 Å². The molecule has 132 valence electrons. The topological polar surface area (TPSA) is 62.3 Å². The number of aromatic nitrogens is 1. The molecule has 1 aliphatic carbocycles. The van der Waals surface area contributed by atoms with Crippen LogP contribution in [-0.4, -0.2) is 40.8 Å². The van der Waals surface area contributed by atoms with Crippen molar-refractivity contribution in [2.24, 2.45) is 5.92 Å². The molecule has 1 aromatic carbocycles. The lowest BCUT2D eigenvalue weighted by Gasteiger charge is -2.23. The summed E-state index contributed by atoms with van der Waals surface area (Å²) >= 11 is 1.67. The summed E-state index contributed by atoms with van der Waals surface area (Å²) < 4.78 is 1.18. The molecular formula is C19H23N3O2S. The largest absolute Gasteiger partial charge is 0.355 e. The van der Waals surface area contributed by atoms with Crippen molar-refractivity contribution in [3.63, 3.8) is 0 Å². The van der Waals surface area contributed by atoms with Crippen LogP contribution >= 0.6 is 11.3 Å². The molecule has 5 nitrogen and oxygen atoms in total. The number of nitrogens with one attached hydrogen (secondary N) is 1. The molecule has 1 aromatic heterocycles. The Bertz CT molecular complexity index is 749. The average molecular weight is 357 g/mol. The summed E-state index contributed by atoms with van der Waals surface area (Å²) in [5.74, 6) is -0.0309. The van der Waals surface area contributed by atoms with E-state index in [0.29, 0.717) is 25.6 Å². The number of likely N-dealkylation sites (tertiary alicyclic amines) is 1. The fourth-order valence-corrected chi connectivity index (χ4v) is 4.91. The van der Waals surface area contributed by atoms with Crippen LogP contribution in [0.1, 0.15) is 37.1 Å². The molecule has 2 aliphatic rings. The Hall–Kier alpha value is -1.95. The number of rotatable bonds is 5. The third kappa shape index (κ3) is 3.54. The van der Waals surface area contributed by atoms with Crippen LogP contribution in [0, 0.1) is 5.92 Å². The normalized spacial score (nSPS) is 21.4. The second kappa shape index (κ2) is 7.12. The number of carbonyl (C=O) groups is 2. The van der Waals surface area contributed by atoms with Crippen molar-refractivity contribution >= 4 is 33.4 Å². The quantitative estimate of drug-likeness (QED) is 0.895. The zero-order chi connectivity index (χ0) is 17.2. The monoisotopic (exact) mass is 357 g/mol. The summed E-state index contributed by atoms with van der Waals surface area (Å²) in [6.45, 7) is 1.17. The highest BCUT2D eigenvalue weighted by atomic mass is 32.1. The molecule has 25 heavy (non-hydrogen) atoms. The molecule has 0 bridgehead atoms. The molecule has 0 spiro atoms. The third-order valence-electron chi connectivity index (χ3n) is 5.27. The molecule has 1 N–H and O–H groups in total. The molecule has 2 aromatic rings. The van der Waals surface area contributed by atoms with Crippen molar-refractivity contribution in [3.05, 3.63) is 29.3 Å².